The molecule has 3 rings (SSSR count). The lowest BCUT2D eigenvalue weighted by Crippen LogP contribution is -2.50. The normalized spacial score (nSPS) is 21.5. The Hall–Kier alpha value is -1.66. The molecule has 172 valence electrons. The minimum Gasteiger partial charge on any atom is -0.491 e. The fourth-order valence-electron chi connectivity index (χ4n) is 5.08. The fourth-order valence-corrected chi connectivity index (χ4v) is 5.08. The minimum atomic E-state index is -0.533. The molecule has 1 aromatic rings. The molecule has 0 aliphatic carbocycles. The molecular formula is C26H40N2O3. The number of hydrogen-bond acceptors (Lipinski definition) is 5. The first-order chi connectivity index (χ1) is 15.0. The Bertz CT molecular complexity index is 690. The molecule has 1 atom stereocenters. The number of ether oxygens (including phenoxy) is 1. The predicted molar refractivity (Wildman–Crippen MR) is 126 cm³/mol. The van der Waals surface area contributed by atoms with Crippen molar-refractivity contribution in [2.24, 2.45) is 0 Å². The molecule has 0 bridgehead atoms. The maximum Gasteiger partial charge on any atom is 0.119 e. The number of aliphatic hydroxyl groups excluding tert-OH is 2. The van der Waals surface area contributed by atoms with Gasteiger partial charge in [0.2, 0.25) is 0 Å². The van der Waals surface area contributed by atoms with Crippen molar-refractivity contribution in [2.45, 2.75) is 69.2 Å². The second kappa shape index (κ2) is 11.8. The quantitative estimate of drug-likeness (QED) is 0.526. The molecular weight excluding hydrogens is 388 g/mol. The van der Waals surface area contributed by atoms with Crippen LogP contribution in [0.15, 0.2) is 49.6 Å². The van der Waals surface area contributed by atoms with Gasteiger partial charge < -0.3 is 19.8 Å². The molecule has 0 aromatic heterocycles. The molecule has 2 saturated heterocycles. The Labute approximate surface area is 188 Å². The molecule has 2 aliphatic rings. The van der Waals surface area contributed by atoms with Crippen molar-refractivity contribution in [1.82, 2.24) is 9.80 Å². The Balaban J connectivity index is 1.55. The van der Waals surface area contributed by atoms with E-state index in [-0.39, 0.29) is 18.2 Å². The minimum absolute atomic E-state index is 0.122. The Morgan fingerprint density at radius 2 is 1.87 bits per heavy atom. The van der Waals surface area contributed by atoms with Gasteiger partial charge in [0.05, 0.1) is 6.10 Å². The lowest BCUT2D eigenvalue weighted by molar-refractivity contribution is 0.0335. The van der Waals surface area contributed by atoms with Crippen LogP contribution in [0.25, 0.3) is 0 Å². The van der Waals surface area contributed by atoms with Gasteiger partial charge in [0.25, 0.3) is 0 Å². The number of β-amino-alcohol motifs (C(OH)–C–C–N with tert-alkyl or cyclic N) is 1. The monoisotopic (exact) mass is 428 g/mol. The second-order valence-corrected chi connectivity index (χ2v) is 9.23. The van der Waals surface area contributed by atoms with Crippen molar-refractivity contribution in [2.75, 3.05) is 32.8 Å². The van der Waals surface area contributed by atoms with Gasteiger partial charge in [-0.15, -0.1) is 13.2 Å². The van der Waals surface area contributed by atoms with E-state index in [2.05, 4.69) is 35.1 Å². The maximum absolute atomic E-state index is 10.4. The highest BCUT2D eigenvalue weighted by Crippen LogP contribution is 2.36. The first kappa shape index (κ1) is 24.0. The molecule has 2 N–H and O–H groups in total. The summed E-state index contributed by atoms with van der Waals surface area (Å²) < 4.78 is 5.93. The number of aliphatic hydroxyl groups is 2. The van der Waals surface area contributed by atoms with Gasteiger partial charge in [-0.25, -0.2) is 0 Å². The van der Waals surface area contributed by atoms with Gasteiger partial charge in [-0.2, -0.15) is 0 Å². The van der Waals surface area contributed by atoms with E-state index in [9.17, 15) is 10.2 Å². The third kappa shape index (κ3) is 6.91. The van der Waals surface area contributed by atoms with E-state index in [1.165, 1.54) is 24.8 Å². The molecule has 5 heteroatoms. The average Bonchev–Trinajstić information content (AvgIpc) is 2.76. The summed E-state index contributed by atoms with van der Waals surface area (Å²) in [6, 6.07) is 8.26. The van der Waals surface area contributed by atoms with E-state index in [4.69, 9.17) is 4.74 Å². The van der Waals surface area contributed by atoms with Gasteiger partial charge in [-0.1, -0.05) is 30.7 Å². The van der Waals surface area contributed by atoms with Crippen LogP contribution in [0.5, 0.6) is 5.75 Å². The Kier molecular flexibility index (Phi) is 9.15. The molecule has 0 radical (unpaired) electrons. The van der Waals surface area contributed by atoms with Crippen molar-refractivity contribution in [3.05, 3.63) is 55.1 Å². The molecule has 2 heterocycles. The van der Waals surface area contributed by atoms with Gasteiger partial charge in [0, 0.05) is 31.7 Å². The topological polar surface area (TPSA) is 56.2 Å². The molecule has 0 unspecified atom stereocenters. The van der Waals surface area contributed by atoms with Crippen LogP contribution in [0.2, 0.25) is 0 Å². The molecule has 1 aromatic carbocycles. The summed E-state index contributed by atoms with van der Waals surface area (Å²) in [5.41, 5.74) is 1.35. The zero-order valence-corrected chi connectivity index (χ0v) is 18.9. The number of rotatable bonds is 11. The molecule has 2 fully saturated rings. The third-order valence-corrected chi connectivity index (χ3v) is 6.78. The maximum atomic E-state index is 10.4. The lowest BCUT2D eigenvalue weighted by atomic mass is 9.80. The second-order valence-electron chi connectivity index (χ2n) is 9.23. The third-order valence-electron chi connectivity index (χ3n) is 6.78. The number of piperidine rings is 2. The number of benzene rings is 1. The highest BCUT2D eigenvalue weighted by molar-refractivity contribution is 5.29. The van der Waals surface area contributed by atoms with Crippen molar-refractivity contribution >= 4 is 0 Å². The van der Waals surface area contributed by atoms with Crippen molar-refractivity contribution in [1.29, 1.82) is 0 Å². The van der Waals surface area contributed by atoms with Crippen LogP contribution in [0, 0.1) is 0 Å². The summed E-state index contributed by atoms with van der Waals surface area (Å²) >= 11 is 0. The highest BCUT2D eigenvalue weighted by Gasteiger charge is 2.36. The Morgan fingerprint density at radius 3 is 2.58 bits per heavy atom. The summed E-state index contributed by atoms with van der Waals surface area (Å²) in [6.45, 7) is 12.5. The summed E-state index contributed by atoms with van der Waals surface area (Å²) in [7, 11) is 0. The summed E-state index contributed by atoms with van der Waals surface area (Å²) in [5.74, 6) is 0.806. The van der Waals surface area contributed by atoms with E-state index in [1.807, 2.05) is 24.3 Å². The number of nitrogens with zero attached hydrogens (tertiary/aromatic N) is 2. The van der Waals surface area contributed by atoms with Crippen LogP contribution in [0.3, 0.4) is 0 Å². The van der Waals surface area contributed by atoms with E-state index in [0.29, 0.717) is 6.54 Å². The van der Waals surface area contributed by atoms with E-state index in [0.717, 1.165) is 57.6 Å². The van der Waals surface area contributed by atoms with Crippen LogP contribution >= 0.6 is 0 Å². The molecule has 0 saturated carbocycles. The van der Waals surface area contributed by atoms with Crippen LogP contribution in [-0.2, 0) is 6.54 Å². The van der Waals surface area contributed by atoms with E-state index < -0.39 is 6.10 Å². The van der Waals surface area contributed by atoms with Crippen molar-refractivity contribution in [3.8, 4) is 5.75 Å². The lowest BCUT2D eigenvalue weighted by Gasteiger charge is -2.47. The van der Waals surface area contributed by atoms with Crippen molar-refractivity contribution < 1.29 is 14.9 Å². The molecule has 5 nitrogen and oxygen atoms in total. The first-order valence-corrected chi connectivity index (χ1v) is 11.8. The van der Waals surface area contributed by atoms with Gasteiger partial charge in [-0.3, -0.25) is 4.90 Å². The van der Waals surface area contributed by atoms with Crippen molar-refractivity contribution in [3.63, 3.8) is 0 Å². The number of hydrogen-bond donors (Lipinski definition) is 2. The van der Waals surface area contributed by atoms with Crippen LogP contribution < -0.4 is 4.74 Å². The molecule has 0 amide bonds. The summed E-state index contributed by atoms with van der Waals surface area (Å²) in [5, 5.41) is 20.0. The van der Waals surface area contributed by atoms with Crippen LogP contribution in [-0.4, -0.2) is 70.5 Å². The van der Waals surface area contributed by atoms with E-state index >= 15 is 0 Å². The zero-order valence-electron chi connectivity index (χ0n) is 18.9. The van der Waals surface area contributed by atoms with Gasteiger partial charge in [-0.05, 0) is 62.8 Å². The summed E-state index contributed by atoms with van der Waals surface area (Å²) in [4.78, 5) is 4.80. The standard InChI is InChI=1S/C26H40N2O3/c1-3-12-26(13-4-2)14-5-6-15-28(26)19-22-8-7-9-25(18-22)31-21-24(30)20-27-16-10-23(29)11-17-27/h3-4,7-9,18,23-24,29-30H,1-2,5-6,10-17,19-21H2/t24-/m1/s1. The van der Waals surface area contributed by atoms with Crippen LogP contribution in [0.1, 0.15) is 50.5 Å². The fraction of sp³-hybridized carbons (Fsp3) is 0.615. The summed E-state index contributed by atoms with van der Waals surface area (Å²) in [6.07, 6.45) is 10.6. The SMILES string of the molecule is C=CCC1(CC=C)CCCCN1Cc1cccc(OC[C@H](O)CN2CCC(O)CC2)c1. The molecule has 0 spiro atoms. The highest BCUT2D eigenvalue weighted by atomic mass is 16.5. The molecule has 31 heavy (non-hydrogen) atoms. The predicted octanol–water partition coefficient (Wildman–Crippen LogP) is 3.76. The smallest absolute Gasteiger partial charge is 0.119 e. The first-order valence-electron chi connectivity index (χ1n) is 11.8. The van der Waals surface area contributed by atoms with Gasteiger partial charge >= 0.3 is 0 Å². The average molecular weight is 429 g/mol. The van der Waals surface area contributed by atoms with Gasteiger partial charge in [0.15, 0.2) is 0 Å². The van der Waals surface area contributed by atoms with Gasteiger partial charge in [0.1, 0.15) is 18.5 Å². The van der Waals surface area contributed by atoms with Crippen LogP contribution in [0.4, 0.5) is 0 Å². The Morgan fingerprint density at radius 1 is 1.13 bits per heavy atom. The largest absolute Gasteiger partial charge is 0.491 e. The van der Waals surface area contributed by atoms with E-state index in [1.54, 1.807) is 0 Å². The zero-order chi connectivity index (χ0) is 22.1. The number of likely N-dealkylation sites (tertiary alicyclic amines) is 2. The molecule has 2 aliphatic heterocycles.